The lowest BCUT2D eigenvalue weighted by Gasteiger charge is -2.50. The lowest BCUT2D eigenvalue weighted by molar-refractivity contribution is 0.619. The minimum absolute atomic E-state index is 0.0199. The van der Waals surface area contributed by atoms with Crippen molar-refractivity contribution >= 4 is 45.4 Å². The number of allylic oxidation sites excluding steroid dienone is 5. The van der Waals surface area contributed by atoms with E-state index in [1.54, 1.807) is 11.0 Å². The molecule has 3 unspecified atom stereocenters. The van der Waals surface area contributed by atoms with E-state index in [0.717, 1.165) is 19.3 Å². The number of aryl methyl sites for hydroxylation is 1. The van der Waals surface area contributed by atoms with Crippen molar-refractivity contribution in [3.63, 3.8) is 0 Å². The summed E-state index contributed by atoms with van der Waals surface area (Å²) in [6, 6.07) is 85.5. The molecule has 3 heterocycles. The van der Waals surface area contributed by atoms with Crippen LogP contribution in [0.4, 0.5) is 11.4 Å². The molecule has 3 atom stereocenters. The number of nitrogens with zero attached hydrogens (tertiary/aromatic N) is 1. The molecule has 0 N–H and O–H groups in total. The quantitative estimate of drug-likeness (QED) is 0.156. The van der Waals surface area contributed by atoms with Gasteiger partial charge < -0.3 is 4.90 Å². The van der Waals surface area contributed by atoms with Crippen molar-refractivity contribution in [2.24, 2.45) is 0 Å². The first-order valence-corrected chi connectivity index (χ1v) is 26.4. The first-order valence-electron chi connectivity index (χ1n) is 26.4. The van der Waals surface area contributed by atoms with Crippen LogP contribution in [0.1, 0.15) is 68.7 Å². The van der Waals surface area contributed by atoms with E-state index in [1.807, 2.05) is 0 Å². The number of rotatable bonds is 5. The molecular formula is C71H50BN. The van der Waals surface area contributed by atoms with Gasteiger partial charge in [0.2, 0.25) is 6.71 Å². The molecule has 16 rings (SSSR count). The lowest BCUT2D eigenvalue weighted by Crippen LogP contribution is -2.51. The van der Waals surface area contributed by atoms with Crippen molar-refractivity contribution < 1.29 is 0 Å². The highest BCUT2D eigenvalue weighted by Crippen LogP contribution is 2.64. The van der Waals surface area contributed by atoms with Crippen molar-refractivity contribution in [2.45, 2.75) is 43.9 Å². The predicted molar refractivity (Wildman–Crippen MR) is 306 cm³/mol. The third kappa shape index (κ3) is 5.98. The molecule has 0 bridgehead atoms. The number of hydrogen-bond acceptors (Lipinski definition) is 1. The van der Waals surface area contributed by atoms with E-state index >= 15 is 0 Å². The Bertz CT molecular complexity index is 4050. The molecule has 6 aliphatic rings. The minimum Gasteiger partial charge on any atom is -0.314 e. The average Bonchev–Trinajstić information content (AvgIpc) is 3.79. The van der Waals surface area contributed by atoms with Gasteiger partial charge in [0.15, 0.2) is 0 Å². The first-order chi connectivity index (χ1) is 36.1. The van der Waals surface area contributed by atoms with Gasteiger partial charge in [-0.2, -0.15) is 0 Å². The maximum atomic E-state index is 2.75. The smallest absolute Gasteiger partial charge is 0.247 e. The Morgan fingerprint density at radius 3 is 1.64 bits per heavy atom. The molecule has 10 aromatic rings. The summed E-state index contributed by atoms with van der Waals surface area (Å²) in [6.07, 6.45) is 5.54. The summed E-state index contributed by atoms with van der Waals surface area (Å²) in [6.45, 7) is 2.37. The summed E-state index contributed by atoms with van der Waals surface area (Å²) in [5, 5.41) is 2.66. The van der Waals surface area contributed by atoms with Crippen LogP contribution in [-0.4, -0.2) is 6.71 Å². The zero-order valence-electron chi connectivity index (χ0n) is 40.8. The molecule has 3 aliphatic carbocycles. The van der Waals surface area contributed by atoms with Gasteiger partial charge in [-0.15, -0.1) is 0 Å². The van der Waals surface area contributed by atoms with Crippen molar-refractivity contribution in [3.8, 4) is 44.5 Å². The molecule has 0 fully saturated rings. The zero-order chi connectivity index (χ0) is 47.9. The zero-order valence-corrected chi connectivity index (χ0v) is 40.8. The average molecular weight is 928 g/mol. The monoisotopic (exact) mass is 927 g/mol. The third-order valence-corrected chi connectivity index (χ3v) is 17.6. The van der Waals surface area contributed by atoms with Gasteiger partial charge in [0, 0.05) is 34.8 Å². The Kier molecular flexibility index (Phi) is 8.90. The van der Waals surface area contributed by atoms with E-state index in [1.165, 1.54) is 133 Å². The van der Waals surface area contributed by atoms with Gasteiger partial charge in [0.1, 0.15) is 0 Å². The van der Waals surface area contributed by atoms with E-state index in [2.05, 4.69) is 242 Å². The molecule has 0 saturated heterocycles. The molecule has 10 aromatic carbocycles. The Labute approximate surface area is 428 Å². The van der Waals surface area contributed by atoms with Gasteiger partial charge >= 0.3 is 0 Å². The number of anilines is 2. The predicted octanol–water partition coefficient (Wildman–Crippen LogP) is 17.0. The van der Waals surface area contributed by atoms with E-state index in [4.69, 9.17) is 0 Å². The molecule has 2 heteroatoms. The molecule has 0 amide bonds. The fraction of sp³-hybridized carbons (Fsp3) is 0.0986. The van der Waals surface area contributed by atoms with Crippen LogP contribution in [0, 0.1) is 6.92 Å². The second-order valence-electron chi connectivity index (χ2n) is 21.4. The Morgan fingerprint density at radius 1 is 0.411 bits per heavy atom. The van der Waals surface area contributed by atoms with Crippen LogP contribution in [0.3, 0.4) is 0 Å². The van der Waals surface area contributed by atoms with Crippen LogP contribution < -0.4 is 10.4 Å². The number of fused-ring (bicyclic) bond motifs is 12. The van der Waals surface area contributed by atoms with Crippen LogP contribution in [0.2, 0.25) is 0 Å². The highest BCUT2D eigenvalue weighted by molar-refractivity contribution is 6.98. The lowest BCUT2D eigenvalue weighted by atomic mass is 9.27. The molecule has 73 heavy (non-hydrogen) atoms. The molecule has 3 aliphatic heterocycles. The normalized spacial score (nSPS) is 18.4. The number of hydrogen-bond donors (Lipinski definition) is 0. The van der Waals surface area contributed by atoms with Gasteiger partial charge in [-0.05, 0) is 161 Å². The Balaban J connectivity index is 1.06. The van der Waals surface area contributed by atoms with Crippen molar-refractivity contribution in [1.29, 1.82) is 0 Å². The van der Waals surface area contributed by atoms with E-state index in [9.17, 15) is 0 Å². The van der Waals surface area contributed by atoms with Crippen molar-refractivity contribution in [1.82, 2.24) is 0 Å². The Hall–Kier alpha value is -8.46. The molecular weight excluding hydrogens is 878 g/mol. The van der Waals surface area contributed by atoms with Gasteiger partial charge in [-0.3, -0.25) is 0 Å². The fourth-order valence-electron chi connectivity index (χ4n) is 14.8. The highest BCUT2D eigenvalue weighted by atomic mass is 15.2. The second-order valence-corrected chi connectivity index (χ2v) is 21.4. The van der Waals surface area contributed by atoms with Crippen LogP contribution in [0.15, 0.2) is 247 Å². The highest BCUT2D eigenvalue weighted by Gasteiger charge is 2.54. The van der Waals surface area contributed by atoms with Crippen LogP contribution in [0.5, 0.6) is 0 Å². The maximum absolute atomic E-state index is 2.75. The van der Waals surface area contributed by atoms with Crippen LogP contribution in [0.25, 0.3) is 66.3 Å². The molecule has 0 aromatic heterocycles. The molecule has 0 spiro atoms. The SMILES string of the molecule is Cc1cc2c3c(c1)N1C4=C(C=C(c5ccccc5)CC4c4cc(-c5ccccc5)ccc41)B3C1=C3C(Cc4c1c(-c1ccccc1)c1ccccc1c4-c1ccccc1)c1ccc(-c4ccccc4)cc1CC32. The van der Waals surface area contributed by atoms with Crippen molar-refractivity contribution in [2.75, 3.05) is 4.90 Å². The summed E-state index contributed by atoms with van der Waals surface area (Å²) < 4.78 is 0. The fourth-order valence-corrected chi connectivity index (χ4v) is 14.8. The molecule has 0 radical (unpaired) electrons. The van der Waals surface area contributed by atoms with E-state index in [0.29, 0.717) is 0 Å². The van der Waals surface area contributed by atoms with Gasteiger partial charge in [-0.1, -0.05) is 223 Å². The Morgan fingerprint density at radius 2 is 0.973 bits per heavy atom. The summed E-state index contributed by atoms with van der Waals surface area (Å²) in [4.78, 5) is 2.75. The van der Waals surface area contributed by atoms with Crippen LogP contribution in [-0.2, 0) is 12.8 Å². The van der Waals surface area contributed by atoms with Gasteiger partial charge in [-0.25, -0.2) is 0 Å². The summed E-state index contributed by atoms with van der Waals surface area (Å²) >= 11 is 0. The van der Waals surface area contributed by atoms with Gasteiger partial charge in [0.25, 0.3) is 0 Å². The van der Waals surface area contributed by atoms with Crippen LogP contribution >= 0.6 is 0 Å². The topological polar surface area (TPSA) is 3.24 Å². The summed E-state index contributed by atoms with van der Waals surface area (Å²) in [5.74, 6) is 0.621. The minimum atomic E-state index is 0.0199. The second kappa shape index (κ2) is 15.8. The first kappa shape index (κ1) is 41.2. The van der Waals surface area contributed by atoms with Crippen molar-refractivity contribution in [3.05, 3.63) is 292 Å². The molecule has 342 valence electrons. The van der Waals surface area contributed by atoms with Gasteiger partial charge in [0.05, 0.1) is 0 Å². The molecule has 0 saturated carbocycles. The maximum Gasteiger partial charge on any atom is 0.247 e. The molecule has 1 nitrogen and oxygen atoms in total. The standard InChI is InChI=1S/C71H50BN/c1-43-35-59-57-40-52-37-49(44-19-7-2-8-20-44)31-33-53(52)58-42-61-65(47-25-13-5-14-26-47)54-29-17-18-30-55(54)66(48-27-15-6-16-28-48)68(61)70(67(57)58)72-62-41-51(46-23-11-4-12-24-46)39-60-56-38-50(45-21-9-3-10-22-45)32-34-63(56)73(71(60)62)64(36-43)69(59)72/h2-38,41,57-58,60H,39-40,42H2,1H3. The summed E-state index contributed by atoms with van der Waals surface area (Å²) in [7, 11) is 0. The third-order valence-electron chi connectivity index (χ3n) is 17.6. The number of benzene rings is 10. The van der Waals surface area contributed by atoms with E-state index < -0.39 is 0 Å². The largest absolute Gasteiger partial charge is 0.314 e. The van der Waals surface area contributed by atoms with E-state index in [-0.39, 0.29) is 24.5 Å². The summed E-state index contributed by atoms with van der Waals surface area (Å²) in [5.41, 5.74) is 33.8.